The van der Waals surface area contributed by atoms with Crippen LogP contribution in [0.15, 0.2) is 60.7 Å². The lowest BCUT2D eigenvalue weighted by atomic mass is 9.89. The Balaban J connectivity index is 1.39. The molecule has 3 atom stereocenters. The first-order chi connectivity index (χ1) is 13.6. The van der Waals surface area contributed by atoms with Gasteiger partial charge >= 0.3 is 0 Å². The second-order valence-electron chi connectivity index (χ2n) is 8.86. The molecular formula is C25H33N2O. The average molecular weight is 378 g/mol. The van der Waals surface area contributed by atoms with Gasteiger partial charge in [0.25, 0.3) is 0 Å². The highest BCUT2D eigenvalue weighted by Crippen LogP contribution is 2.31. The normalized spacial score (nSPS) is 29.2. The number of β-amino-alcohol motifs (C(OH)–C–C–N with tert-alkyl or cyclic N) is 1. The number of benzene rings is 2. The number of nitrogens with zero attached hydrogens (tertiary/aromatic N) is 2. The lowest BCUT2D eigenvalue weighted by Crippen LogP contribution is -2.48. The van der Waals surface area contributed by atoms with E-state index >= 15 is 0 Å². The Bertz CT molecular complexity index is 731. The number of likely N-dealkylation sites (tertiary alicyclic amines) is 2. The quantitative estimate of drug-likeness (QED) is 0.830. The minimum Gasteiger partial charge on any atom is -0.388 e. The molecule has 0 aliphatic carbocycles. The summed E-state index contributed by atoms with van der Waals surface area (Å²) in [7, 11) is 0. The molecule has 2 saturated heterocycles. The van der Waals surface area contributed by atoms with Crippen LogP contribution in [0, 0.1) is 12.3 Å². The van der Waals surface area contributed by atoms with Crippen molar-refractivity contribution in [2.24, 2.45) is 5.92 Å². The van der Waals surface area contributed by atoms with E-state index in [1.807, 2.05) is 6.92 Å². The van der Waals surface area contributed by atoms with Gasteiger partial charge in [0, 0.05) is 38.1 Å². The molecule has 28 heavy (non-hydrogen) atoms. The van der Waals surface area contributed by atoms with Crippen molar-refractivity contribution in [2.45, 2.75) is 44.4 Å². The highest BCUT2D eigenvalue weighted by Gasteiger charge is 2.42. The van der Waals surface area contributed by atoms with E-state index in [0.717, 1.165) is 52.0 Å². The first-order valence-electron chi connectivity index (χ1n) is 10.7. The highest BCUT2D eigenvalue weighted by atomic mass is 16.3. The minimum absolute atomic E-state index is 0.299. The molecule has 2 fully saturated rings. The summed E-state index contributed by atoms with van der Waals surface area (Å²) < 4.78 is 0. The zero-order valence-electron chi connectivity index (χ0n) is 17.0. The van der Waals surface area contributed by atoms with Gasteiger partial charge in [-0.15, -0.1) is 0 Å². The fourth-order valence-corrected chi connectivity index (χ4v) is 4.89. The largest absolute Gasteiger partial charge is 0.388 e. The van der Waals surface area contributed by atoms with E-state index in [1.165, 1.54) is 11.1 Å². The number of hydrogen-bond donors (Lipinski definition) is 1. The van der Waals surface area contributed by atoms with Crippen LogP contribution in [0.5, 0.6) is 0 Å². The molecular weight excluding hydrogens is 344 g/mol. The van der Waals surface area contributed by atoms with Crippen molar-refractivity contribution in [1.29, 1.82) is 0 Å². The summed E-state index contributed by atoms with van der Waals surface area (Å²) in [6.07, 6.45) is 5.85. The Hall–Kier alpha value is -1.68. The van der Waals surface area contributed by atoms with Crippen LogP contribution in [0.3, 0.4) is 0 Å². The van der Waals surface area contributed by atoms with Crippen molar-refractivity contribution < 1.29 is 5.11 Å². The van der Waals surface area contributed by atoms with Gasteiger partial charge < -0.3 is 5.11 Å². The van der Waals surface area contributed by atoms with E-state index in [0.29, 0.717) is 12.0 Å². The lowest BCUT2D eigenvalue weighted by molar-refractivity contribution is 0.00797. The maximum Gasteiger partial charge on any atom is 0.0798 e. The van der Waals surface area contributed by atoms with E-state index in [4.69, 9.17) is 0 Å². The van der Waals surface area contributed by atoms with Gasteiger partial charge in [0.05, 0.1) is 5.60 Å². The average Bonchev–Trinajstić information content (AvgIpc) is 2.98. The molecule has 0 saturated carbocycles. The Labute approximate surface area is 170 Å². The Morgan fingerprint density at radius 3 is 2.39 bits per heavy atom. The van der Waals surface area contributed by atoms with Crippen LogP contribution in [0.4, 0.5) is 0 Å². The van der Waals surface area contributed by atoms with E-state index in [9.17, 15) is 5.11 Å². The molecule has 3 nitrogen and oxygen atoms in total. The summed E-state index contributed by atoms with van der Waals surface area (Å²) in [6, 6.07) is 22.0. The number of piperidine rings is 1. The summed E-state index contributed by atoms with van der Waals surface area (Å²) in [5, 5.41) is 11.1. The van der Waals surface area contributed by atoms with Gasteiger partial charge in [0.1, 0.15) is 0 Å². The zero-order chi connectivity index (χ0) is 19.4. The summed E-state index contributed by atoms with van der Waals surface area (Å²) in [6.45, 7) is 6.79. The fraction of sp³-hybridized carbons (Fsp3) is 0.480. The minimum atomic E-state index is -0.618. The second kappa shape index (κ2) is 8.77. The summed E-state index contributed by atoms with van der Waals surface area (Å²) in [5.41, 5.74) is 2.12. The third-order valence-electron chi connectivity index (χ3n) is 6.50. The van der Waals surface area contributed by atoms with Gasteiger partial charge in [-0.1, -0.05) is 60.7 Å². The van der Waals surface area contributed by atoms with Crippen molar-refractivity contribution in [1.82, 2.24) is 9.80 Å². The first kappa shape index (κ1) is 19.6. The van der Waals surface area contributed by atoms with E-state index in [2.05, 4.69) is 76.9 Å². The third kappa shape index (κ3) is 4.83. The molecule has 3 heteroatoms. The molecule has 0 spiro atoms. The van der Waals surface area contributed by atoms with Gasteiger partial charge in [0.15, 0.2) is 0 Å². The molecule has 4 rings (SSSR count). The molecule has 2 aliphatic heterocycles. The smallest absolute Gasteiger partial charge is 0.0798 e. The molecule has 2 aromatic carbocycles. The van der Waals surface area contributed by atoms with E-state index < -0.39 is 5.60 Å². The number of rotatable bonds is 6. The van der Waals surface area contributed by atoms with Gasteiger partial charge in [-0.25, -0.2) is 0 Å². The van der Waals surface area contributed by atoms with Crippen LogP contribution in [0.25, 0.3) is 0 Å². The standard InChI is InChI=1S/C25H33N2O/c1-25(28)20-26(17-22-12-6-3-7-13-22)18-23(25)19-27-15-9-8-14-24(27)16-21-10-4-2-5-11-21/h2-8,10-13,23-24,28H,9,14-20H2,1H3. The van der Waals surface area contributed by atoms with Gasteiger partial charge in [-0.05, 0) is 50.3 Å². The van der Waals surface area contributed by atoms with Crippen molar-refractivity contribution in [3.05, 3.63) is 78.2 Å². The van der Waals surface area contributed by atoms with E-state index in [1.54, 1.807) is 0 Å². The molecule has 0 bridgehead atoms. The summed E-state index contributed by atoms with van der Waals surface area (Å²) in [4.78, 5) is 5.06. The molecule has 0 amide bonds. The van der Waals surface area contributed by atoms with Crippen molar-refractivity contribution in [2.75, 3.05) is 26.2 Å². The molecule has 149 valence electrons. The Morgan fingerprint density at radius 2 is 1.68 bits per heavy atom. The van der Waals surface area contributed by atoms with Crippen LogP contribution < -0.4 is 0 Å². The highest BCUT2D eigenvalue weighted by molar-refractivity contribution is 5.17. The Kier molecular flexibility index (Phi) is 6.15. The second-order valence-corrected chi connectivity index (χ2v) is 8.86. The number of aliphatic hydroxyl groups is 1. The van der Waals surface area contributed by atoms with Gasteiger partial charge in [0.2, 0.25) is 0 Å². The van der Waals surface area contributed by atoms with Crippen LogP contribution in [0.1, 0.15) is 30.9 Å². The molecule has 1 N–H and O–H groups in total. The molecule has 3 unspecified atom stereocenters. The summed E-state index contributed by atoms with van der Waals surface area (Å²) >= 11 is 0. The van der Waals surface area contributed by atoms with Crippen LogP contribution in [0.2, 0.25) is 0 Å². The van der Waals surface area contributed by atoms with Gasteiger partial charge in [-0.3, -0.25) is 9.80 Å². The van der Waals surface area contributed by atoms with Crippen LogP contribution in [-0.4, -0.2) is 52.7 Å². The van der Waals surface area contributed by atoms with Crippen molar-refractivity contribution >= 4 is 0 Å². The fourth-order valence-electron chi connectivity index (χ4n) is 4.89. The molecule has 2 aromatic rings. The van der Waals surface area contributed by atoms with Crippen molar-refractivity contribution in [3.63, 3.8) is 0 Å². The topological polar surface area (TPSA) is 26.7 Å². The Morgan fingerprint density at radius 1 is 1.00 bits per heavy atom. The maximum atomic E-state index is 11.1. The van der Waals surface area contributed by atoms with Crippen molar-refractivity contribution in [3.8, 4) is 0 Å². The predicted octanol–water partition coefficient (Wildman–Crippen LogP) is 3.78. The SMILES string of the molecule is CC1(O)CN(Cc2ccccc2)CC1CN1CC[CH]CC1Cc1ccccc1. The lowest BCUT2D eigenvalue weighted by Gasteiger charge is -2.39. The monoisotopic (exact) mass is 377 g/mol. The summed E-state index contributed by atoms with van der Waals surface area (Å²) in [5.74, 6) is 0.299. The molecule has 1 radical (unpaired) electrons. The number of hydrogen-bond acceptors (Lipinski definition) is 3. The first-order valence-corrected chi connectivity index (χ1v) is 10.7. The third-order valence-corrected chi connectivity index (χ3v) is 6.50. The van der Waals surface area contributed by atoms with E-state index in [-0.39, 0.29) is 0 Å². The van der Waals surface area contributed by atoms with Gasteiger partial charge in [-0.2, -0.15) is 0 Å². The molecule has 0 aromatic heterocycles. The molecule has 2 aliphatic rings. The van der Waals surface area contributed by atoms with Crippen LogP contribution in [-0.2, 0) is 13.0 Å². The maximum absolute atomic E-state index is 11.1. The van der Waals surface area contributed by atoms with Crippen LogP contribution >= 0.6 is 0 Å². The zero-order valence-corrected chi connectivity index (χ0v) is 17.0. The molecule has 2 heterocycles. The predicted molar refractivity (Wildman–Crippen MR) is 115 cm³/mol.